The van der Waals surface area contributed by atoms with Gasteiger partial charge in [0.05, 0.1) is 0 Å². The van der Waals surface area contributed by atoms with Crippen molar-refractivity contribution in [2.24, 2.45) is 0 Å². The molecule has 1 aliphatic heterocycles. The average Bonchev–Trinajstić information content (AvgIpc) is 2.52. The van der Waals surface area contributed by atoms with Crippen molar-refractivity contribution in [3.63, 3.8) is 0 Å². The van der Waals surface area contributed by atoms with Gasteiger partial charge in [-0.3, -0.25) is 9.69 Å². The van der Waals surface area contributed by atoms with E-state index in [-0.39, 0.29) is 11.9 Å². The second kappa shape index (κ2) is 8.16. The molecule has 2 rings (SSSR count). The molecule has 6 heteroatoms. The summed E-state index contributed by atoms with van der Waals surface area (Å²) in [4.78, 5) is 16.3. The minimum absolute atomic E-state index is 0.139. The van der Waals surface area contributed by atoms with Crippen molar-refractivity contribution in [1.82, 2.24) is 15.1 Å². The van der Waals surface area contributed by atoms with Crippen molar-refractivity contribution in [3.8, 4) is 0 Å². The molecule has 1 unspecified atom stereocenters. The molecular weight excluding hydrogens is 321 g/mol. The third-order valence-corrected chi connectivity index (χ3v) is 4.78. The molecule has 0 saturated carbocycles. The van der Waals surface area contributed by atoms with Crippen LogP contribution in [-0.2, 0) is 4.79 Å². The molecule has 0 radical (unpaired) electrons. The normalized spacial score (nSPS) is 16.9. The Hall–Kier alpha value is -0.810. The van der Waals surface area contributed by atoms with Crippen molar-refractivity contribution in [1.29, 1.82) is 0 Å². The lowest BCUT2D eigenvalue weighted by atomic mass is 10.1. The smallest absolute Gasteiger partial charge is 0.223 e. The minimum atomic E-state index is 0.139. The van der Waals surface area contributed by atoms with Gasteiger partial charge in [-0.2, -0.15) is 0 Å². The summed E-state index contributed by atoms with van der Waals surface area (Å²) in [5.74, 6) is 0.225. The summed E-state index contributed by atoms with van der Waals surface area (Å²) >= 11 is 12.2. The first-order chi connectivity index (χ1) is 10.5. The largest absolute Gasteiger partial charge is 0.340 e. The molecule has 0 aliphatic carbocycles. The van der Waals surface area contributed by atoms with Crippen molar-refractivity contribution < 1.29 is 4.79 Å². The molecule has 22 heavy (non-hydrogen) atoms. The fraction of sp³-hybridized carbons (Fsp3) is 0.562. The first-order valence-corrected chi connectivity index (χ1v) is 8.38. The van der Waals surface area contributed by atoms with Crippen LogP contribution in [0, 0.1) is 0 Å². The number of nitrogens with one attached hydrogen (secondary N) is 1. The topological polar surface area (TPSA) is 35.6 Å². The van der Waals surface area contributed by atoms with Gasteiger partial charge in [-0.1, -0.05) is 29.3 Å². The van der Waals surface area contributed by atoms with Crippen LogP contribution in [0.5, 0.6) is 0 Å². The zero-order valence-electron chi connectivity index (χ0n) is 13.1. The van der Waals surface area contributed by atoms with Gasteiger partial charge in [0.15, 0.2) is 0 Å². The summed E-state index contributed by atoms with van der Waals surface area (Å²) in [6.45, 7) is 6.19. The molecule has 1 aliphatic rings. The van der Waals surface area contributed by atoms with E-state index in [1.807, 2.05) is 24.1 Å². The zero-order valence-corrected chi connectivity index (χ0v) is 14.6. The number of nitrogens with zero attached hydrogens (tertiary/aromatic N) is 2. The summed E-state index contributed by atoms with van der Waals surface area (Å²) in [5.41, 5.74) is 1.03. The Kier molecular flexibility index (Phi) is 6.50. The van der Waals surface area contributed by atoms with Gasteiger partial charge in [-0.15, -0.1) is 0 Å². The minimum Gasteiger partial charge on any atom is -0.340 e. The van der Waals surface area contributed by atoms with Crippen LogP contribution in [0.4, 0.5) is 0 Å². The molecule has 1 aromatic rings. The van der Waals surface area contributed by atoms with E-state index in [1.165, 1.54) is 0 Å². The monoisotopic (exact) mass is 343 g/mol. The predicted octanol–water partition coefficient (Wildman–Crippen LogP) is 2.81. The molecule has 4 nitrogen and oxygen atoms in total. The van der Waals surface area contributed by atoms with Gasteiger partial charge in [0.2, 0.25) is 5.91 Å². The van der Waals surface area contributed by atoms with E-state index in [0.717, 1.165) is 31.7 Å². The molecular formula is C16H23Cl2N3O. The number of piperazine rings is 1. The van der Waals surface area contributed by atoms with Gasteiger partial charge in [-0.05, 0) is 31.7 Å². The summed E-state index contributed by atoms with van der Waals surface area (Å²) in [7, 11) is 2.01. The van der Waals surface area contributed by atoms with Crippen molar-refractivity contribution in [2.45, 2.75) is 19.4 Å². The summed E-state index contributed by atoms with van der Waals surface area (Å²) < 4.78 is 0. The average molecular weight is 344 g/mol. The molecule has 1 aromatic carbocycles. The zero-order chi connectivity index (χ0) is 16.1. The van der Waals surface area contributed by atoms with E-state index in [0.29, 0.717) is 23.0 Å². The van der Waals surface area contributed by atoms with E-state index in [1.54, 1.807) is 6.07 Å². The van der Waals surface area contributed by atoms with Gasteiger partial charge in [0.1, 0.15) is 0 Å². The molecule has 122 valence electrons. The number of benzene rings is 1. The summed E-state index contributed by atoms with van der Waals surface area (Å²) in [6.07, 6.45) is 0.534. The van der Waals surface area contributed by atoms with Gasteiger partial charge in [0, 0.05) is 55.2 Å². The van der Waals surface area contributed by atoms with Crippen LogP contribution in [-0.4, -0.2) is 55.5 Å². The first-order valence-electron chi connectivity index (χ1n) is 7.62. The quantitative estimate of drug-likeness (QED) is 0.892. The number of carbonyl (C=O) groups is 1. The van der Waals surface area contributed by atoms with Gasteiger partial charge in [-0.25, -0.2) is 0 Å². The van der Waals surface area contributed by atoms with Gasteiger partial charge >= 0.3 is 0 Å². The number of rotatable bonds is 5. The fourth-order valence-electron chi connectivity index (χ4n) is 2.62. The van der Waals surface area contributed by atoms with Crippen LogP contribution >= 0.6 is 23.2 Å². The molecule has 1 heterocycles. The van der Waals surface area contributed by atoms with Crippen molar-refractivity contribution >= 4 is 29.1 Å². The summed E-state index contributed by atoms with van der Waals surface area (Å²) in [5, 5.41) is 4.56. The van der Waals surface area contributed by atoms with Crippen LogP contribution in [0.1, 0.15) is 24.9 Å². The highest BCUT2D eigenvalue weighted by Crippen LogP contribution is 2.29. The lowest BCUT2D eigenvalue weighted by molar-refractivity contribution is -0.132. The Morgan fingerprint density at radius 3 is 2.68 bits per heavy atom. The second-order valence-electron chi connectivity index (χ2n) is 5.70. The molecule has 0 bridgehead atoms. The predicted molar refractivity (Wildman–Crippen MR) is 91.6 cm³/mol. The Bertz CT molecular complexity index is 518. The Labute approximate surface area is 142 Å². The molecule has 1 amide bonds. The van der Waals surface area contributed by atoms with Crippen LogP contribution < -0.4 is 5.32 Å². The maximum atomic E-state index is 12.2. The number of halogens is 2. The highest BCUT2D eigenvalue weighted by molar-refractivity contribution is 6.35. The Balaban J connectivity index is 1.88. The van der Waals surface area contributed by atoms with Crippen molar-refractivity contribution in [3.05, 3.63) is 33.8 Å². The van der Waals surface area contributed by atoms with Crippen molar-refractivity contribution in [2.75, 3.05) is 39.8 Å². The van der Waals surface area contributed by atoms with Crippen LogP contribution in [0.2, 0.25) is 10.0 Å². The first kappa shape index (κ1) is 17.5. The Morgan fingerprint density at radius 2 is 2.05 bits per heavy atom. The molecule has 1 saturated heterocycles. The Morgan fingerprint density at radius 1 is 1.36 bits per heavy atom. The lowest BCUT2D eigenvalue weighted by Gasteiger charge is -2.30. The molecule has 1 fully saturated rings. The summed E-state index contributed by atoms with van der Waals surface area (Å²) in [6, 6.07) is 5.69. The molecule has 1 N–H and O–H groups in total. The molecule has 0 spiro atoms. The van der Waals surface area contributed by atoms with E-state index in [9.17, 15) is 4.79 Å². The standard InChI is InChI=1S/C16H23Cl2N3O/c1-12(14-4-3-13(17)11-15(14)18)20(2)8-5-16(22)21-9-6-19-7-10-21/h3-4,11-12,19H,5-10H2,1-2H3. The highest BCUT2D eigenvalue weighted by atomic mass is 35.5. The lowest BCUT2D eigenvalue weighted by Crippen LogP contribution is -2.47. The van der Waals surface area contributed by atoms with E-state index in [4.69, 9.17) is 23.2 Å². The third kappa shape index (κ3) is 4.59. The van der Waals surface area contributed by atoms with Gasteiger partial charge in [0.25, 0.3) is 0 Å². The third-order valence-electron chi connectivity index (χ3n) is 4.22. The fourth-order valence-corrected chi connectivity index (χ4v) is 3.18. The molecule has 1 atom stereocenters. The molecule has 0 aromatic heterocycles. The van der Waals surface area contributed by atoms with Crippen LogP contribution in [0.3, 0.4) is 0 Å². The second-order valence-corrected chi connectivity index (χ2v) is 6.55. The van der Waals surface area contributed by atoms with Crippen LogP contribution in [0.25, 0.3) is 0 Å². The number of carbonyl (C=O) groups excluding carboxylic acids is 1. The van der Waals surface area contributed by atoms with Gasteiger partial charge < -0.3 is 10.2 Å². The highest BCUT2D eigenvalue weighted by Gasteiger charge is 2.19. The van der Waals surface area contributed by atoms with E-state index >= 15 is 0 Å². The van der Waals surface area contributed by atoms with Crippen LogP contribution in [0.15, 0.2) is 18.2 Å². The number of hydrogen-bond acceptors (Lipinski definition) is 3. The van der Waals surface area contributed by atoms with E-state index in [2.05, 4.69) is 17.1 Å². The number of amides is 1. The number of hydrogen-bond donors (Lipinski definition) is 1. The SMILES string of the molecule is CC(c1ccc(Cl)cc1Cl)N(C)CCC(=O)N1CCNCC1. The maximum absolute atomic E-state index is 12.2. The van der Waals surface area contributed by atoms with E-state index < -0.39 is 0 Å². The maximum Gasteiger partial charge on any atom is 0.223 e.